The van der Waals surface area contributed by atoms with Crippen molar-refractivity contribution < 1.29 is 26.4 Å². The Bertz CT molecular complexity index is 842. The molecule has 0 unspecified atom stereocenters. The summed E-state index contributed by atoms with van der Waals surface area (Å²) in [5, 5.41) is 0. The number of hydrogen-bond donors (Lipinski definition) is 1. The molecule has 0 fully saturated rings. The summed E-state index contributed by atoms with van der Waals surface area (Å²) < 4.78 is 63.4. The highest BCUT2D eigenvalue weighted by Crippen LogP contribution is 2.29. The van der Waals surface area contributed by atoms with Crippen molar-refractivity contribution in [1.29, 1.82) is 0 Å². The molecule has 25 heavy (non-hydrogen) atoms. The molecule has 0 saturated heterocycles. The van der Waals surface area contributed by atoms with E-state index in [0.717, 1.165) is 23.3 Å². The maximum atomic E-state index is 12.5. The minimum atomic E-state index is -4.56. The number of hydrogen-bond acceptors (Lipinski definition) is 3. The number of amides is 1. The van der Waals surface area contributed by atoms with Crippen LogP contribution in [0.2, 0.25) is 0 Å². The zero-order valence-corrected chi connectivity index (χ0v) is 14.1. The van der Waals surface area contributed by atoms with Gasteiger partial charge >= 0.3 is 6.18 Å². The van der Waals surface area contributed by atoms with Crippen LogP contribution in [0.15, 0.2) is 53.4 Å². The van der Waals surface area contributed by atoms with Gasteiger partial charge in [-0.05, 0) is 43.2 Å². The smallest absolute Gasteiger partial charge is 0.274 e. The van der Waals surface area contributed by atoms with Crippen LogP contribution in [0.25, 0.3) is 0 Å². The Morgan fingerprint density at radius 3 is 2.08 bits per heavy atom. The molecule has 0 radical (unpaired) electrons. The summed E-state index contributed by atoms with van der Waals surface area (Å²) in [6, 6.07) is 10.4. The quantitative estimate of drug-likeness (QED) is 0.876. The first-order valence-corrected chi connectivity index (χ1v) is 8.85. The number of nitrogens with one attached hydrogen (secondary N) is 1. The van der Waals surface area contributed by atoms with Crippen LogP contribution in [-0.4, -0.2) is 14.3 Å². The van der Waals surface area contributed by atoms with Gasteiger partial charge in [0.15, 0.2) is 0 Å². The SMILES string of the molecule is Cc1ccc(CCC(=O)NS(=O)(=O)c2ccc(C(F)(F)F)cc2)cc1. The normalized spacial score (nSPS) is 12.0. The Morgan fingerprint density at radius 1 is 1.00 bits per heavy atom. The number of halogens is 3. The van der Waals surface area contributed by atoms with Gasteiger partial charge in [-0.3, -0.25) is 4.79 Å². The first-order valence-electron chi connectivity index (χ1n) is 7.36. The minimum absolute atomic E-state index is 0.0527. The van der Waals surface area contributed by atoms with Crippen LogP contribution in [0.4, 0.5) is 13.2 Å². The summed E-state index contributed by atoms with van der Waals surface area (Å²) >= 11 is 0. The molecule has 0 aliphatic rings. The Morgan fingerprint density at radius 2 is 1.56 bits per heavy atom. The Hall–Kier alpha value is -2.35. The lowest BCUT2D eigenvalue weighted by molar-refractivity contribution is -0.137. The van der Waals surface area contributed by atoms with Gasteiger partial charge in [0.2, 0.25) is 5.91 Å². The molecular formula is C17H16F3NO3S. The van der Waals surface area contributed by atoms with Gasteiger partial charge in [0.1, 0.15) is 0 Å². The molecule has 0 heterocycles. The Labute approximate surface area is 143 Å². The van der Waals surface area contributed by atoms with Gasteiger partial charge in [0, 0.05) is 6.42 Å². The van der Waals surface area contributed by atoms with E-state index in [0.29, 0.717) is 18.6 Å². The van der Waals surface area contributed by atoms with Crippen LogP contribution in [0.1, 0.15) is 23.1 Å². The first kappa shape index (κ1) is 19.0. The Kier molecular flexibility index (Phi) is 5.52. The van der Waals surface area contributed by atoms with Crippen LogP contribution in [0.3, 0.4) is 0 Å². The van der Waals surface area contributed by atoms with Gasteiger partial charge in [0.05, 0.1) is 10.5 Å². The van der Waals surface area contributed by atoms with Crippen molar-refractivity contribution in [2.24, 2.45) is 0 Å². The molecule has 0 bridgehead atoms. The van der Waals surface area contributed by atoms with Crippen molar-refractivity contribution in [2.45, 2.75) is 30.8 Å². The average molecular weight is 371 g/mol. The molecule has 1 amide bonds. The van der Waals surface area contributed by atoms with Crippen molar-refractivity contribution in [1.82, 2.24) is 4.72 Å². The lowest BCUT2D eigenvalue weighted by Crippen LogP contribution is -2.30. The topological polar surface area (TPSA) is 63.2 Å². The number of alkyl halides is 3. The zero-order valence-electron chi connectivity index (χ0n) is 13.3. The van der Waals surface area contributed by atoms with Gasteiger partial charge in [0.25, 0.3) is 10.0 Å². The maximum Gasteiger partial charge on any atom is 0.416 e. The molecular weight excluding hydrogens is 355 g/mol. The molecule has 0 atom stereocenters. The number of carbonyl (C=O) groups is 1. The van der Waals surface area contributed by atoms with Gasteiger partial charge in [-0.15, -0.1) is 0 Å². The number of benzene rings is 2. The second-order valence-electron chi connectivity index (χ2n) is 5.54. The maximum absolute atomic E-state index is 12.5. The van der Waals surface area contributed by atoms with E-state index >= 15 is 0 Å². The van der Waals surface area contributed by atoms with Crippen molar-refractivity contribution in [2.75, 3.05) is 0 Å². The van der Waals surface area contributed by atoms with Crippen LogP contribution in [0, 0.1) is 6.92 Å². The second-order valence-corrected chi connectivity index (χ2v) is 7.22. The number of carbonyl (C=O) groups excluding carboxylic acids is 1. The highest BCUT2D eigenvalue weighted by atomic mass is 32.2. The summed E-state index contributed by atoms with van der Waals surface area (Å²) in [6.45, 7) is 1.92. The molecule has 1 N–H and O–H groups in total. The lowest BCUT2D eigenvalue weighted by atomic mass is 10.1. The summed E-state index contributed by atoms with van der Waals surface area (Å²) in [5.41, 5.74) is 0.989. The van der Waals surface area contributed by atoms with Crippen molar-refractivity contribution >= 4 is 15.9 Å². The summed E-state index contributed by atoms with van der Waals surface area (Å²) in [5.74, 6) is -0.722. The monoisotopic (exact) mass is 371 g/mol. The van der Waals surface area contributed by atoms with E-state index in [1.165, 1.54) is 0 Å². The van der Waals surface area contributed by atoms with E-state index in [4.69, 9.17) is 0 Å². The molecule has 0 aliphatic carbocycles. The predicted octanol–water partition coefficient (Wildman–Crippen LogP) is 3.45. The average Bonchev–Trinajstić information content (AvgIpc) is 2.53. The van der Waals surface area contributed by atoms with Gasteiger partial charge in [-0.2, -0.15) is 13.2 Å². The number of aryl methyl sites for hydroxylation is 2. The Balaban J connectivity index is 2.00. The minimum Gasteiger partial charge on any atom is -0.274 e. The third-order valence-corrected chi connectivity index (χ3v) is 4.89. The number of rotatable bonds is 5. The van der Waals surface area contributed by atoms with E-state index in [9.17, 15) is 26.4 Å². The zero-order chi connectivity index (χ0) is 18.7. The van der Waals surface area contributed by atoms with E-state index in [-0.39, 0.29) is 6.42 Å². The first-order chi connectivity index (χ1) is 11.6. The van der Waals surface area contributed by atoms with Crippen LogP contribution >= 0.6 is 0 Å². The molecule has 2 aromatic carbocycles. The van der Waals surface area contributed by atoms with Gasteiger partial charge in [-0.25, -0.2) is 13.1 Å². The lowest BCUT2D eigenvalue weighted by Gasteiger charge is -2.09. The fraction of sp³-hybridized carbons (Fsp3) is 0.235. The van der Waals surface area contributed by atoms with E-state index < -0.39 is 32.6 Å². The van der Waals surface area contributed by atoms with Gasteiger partial charge in [-0.1, -0.05) is 29.8 Å². The second kappa shape index (κ2) is 7.26. The van der Waals surface area contributed by atoms with E-state index in [2.05, 4.69) is 0 Å². The largest absolute Gasteiger partial charge is 0.416 e. The van der Waals surface area contributed by atoms with Crippen LogP contribution in [-0.2, 0) is 27.4 Å². The highest BCUT2D eigenvalue weighted by molar-refractivity contribution is 7.90. The fourth-order valence-corrected chi connectivity index (χ4v) is 3.11. The molecule has 0 aliphatic heterocycles. The third-order valence-electron chi connectivity index (χ3n) is 3.50. The molecule has 2 rings (SSSR count). The van der Waals surface area contributed by atoms with Crippen molar-refractivity contribution in [3.05, 3.63) is 65.2 Å². The molecule has 4 nitrogen and oxygen atoms in total. The van der Waals surface area contributed by atoms with Crippen molar-refractivity contribution in [3.8, 4) is 0 Å². The summed E-state index contributed by atoms with van der Waals surface area (Å²) in [4.78, 5) is 11.4. The van der Waals surface area contributed by atoms with Crippen LogP contribution < -0.4 is 4.72 Å². The van der Waals surface area contributed by atoms with Gasteiger partial charge < -0.3 is 0 Å². The molecule has 0 saturated carbocycles. The molecule has 2 aromatic rings. The number of sulfonamides is 1. The predicted molar refractivity (Wildman–Crippen MR) is 86.3 cm³/mol. The van der Waals surface area contributed by atoms with E-state index in [1.54, 1.807) is 0 Å². The molecule has 134 valence electrons. The third kappa shape index (κ3) is 5.32. The molecule has 8 heteroatoms. The van der Waals surface area contributed by atoms with Crippen molar-refractivity contribution in [3.63, 3.8) is 0 Å². The molecule has 0 aromatic heterocycles. The molecule has 0 spiro atoms. The summed E-state index contributed by atoms with van der Waals surface area (Å²) in [7, 11) is -4.20. The van der Waals surface area contributed by atoms with Crippen LogP contribution in [0.5, 0.6) is 0 Å². The van der Waals surface area contributed by atoms with E-state index in [1.807, 2.05) is 35.9 Å². The summed E-state index contributed by atoms with van der Waals surface area (Å²) in [6.07, 6.45) is -4.25. The highest BCUT2D eigenvalue weighted by Gasteiger charge is 2.30. The standard InChI is InChI=1S/C17H16F3NO3S/c1-12-2-4-13(5-3-12)6-11-16(22)21-25(23,24)15-9-7-14(8-10-15)17(18,19)20/h2-5,7-10H,6,11H2,1H3,(H,21,22). The fourth-order valence-electron chi connectivity index (χ4n) is 2.10.